The molecule has 116 valence electrons. The van der Waals surface area contributed by atoms with Gasteiger partial charge in [-0.15, -0.1) is 0 Å². The Bertz CT molecular complexity index is 839. The molecule has 1 aromatic heterocycles. The Morgan fingerprint density at radius 1 is 1.13 bits per heavy atom. The van der Waals surface area contributed by atoms with Crippen molar-refractivity contribution in [2.24, 2.45) is 0 Å². The molecule has 0 bridgehead atoms. The molecule has 2 aromatic carbocycles. The molecule has 0 aliphatic carbocycles. The highest BCUT2D eigenvalue weighted by atomic mass is 79.9. The second kappa shape index (κ2) is 6.26. The summed E-state index contributed by atoms with van der Waals surface area (Å²) in [5, 5.41) is 4.23. The maximum Gasteiger partial charge on any atom is 0.198 e. The quantitative estimate of drug-likeness (QED) is 0.713. The monoisotopic (exact) mass is 371 g/mol. The van der Waals surface area contributed by atoms with Crippen LogP contribution in [0.5, 0.6) is 5.75 Å². The second-order valence-corrected chi connectivity index (χ2v) is 5.81. The van der Waals surface area contributed by atoms with E-state index in [0.717, 1.165) is 10.2 Å². The maximum atomic E-state index is 12.6. The van der Waals surface area contributed by atoms with E-state index >= 15 is 0 Å². The Morgan fingerprint density at radius 3 is 2.39 bits per heavy atom. The number of carbonyl (C=O) groups excluding carboxylic acids is 1. The van der Waals surface area contributed by atoms with Crippen molar-refractivity contribution in [2.75, 3.05) is 12.8 Å². The highest BCUT2D eigenvalue weighted by Crippen LogP contribution is 2.22. The summed E-state index contributed by atoms with van der Waals surface area (Å²) in [6.07, 6.45) is 1.49. The fourth-order valence-corrected chi connectivity index (χ4v) is 2.48. The van der Waals surface area contributed by atoms with Crippen LogP contribution in [0.1, 0.15) is 15.9 Å². The Kier molecular flexibility index (Phi) is 4.16. The fraction of sp³-hybridized carbons (Fsp3) is 0.0588. The second-order valence-electron chi connectivity index (χ2n) is 4.89. The maximum absolute atomic E-state index is 12.6. The van der Waals surface area contributed by atoms with Crippen LogP contribution in [0.4, 0.5) is 5.82 Å². The van der Waals surface area contributed by atoms with Crippen LogP contribution in [-0.2, 0) is 0 Å². The molecule has 0 spiro atoms. The smallest absolute Gasteiger partial charge is 0.198 e. The van der Waals surface area contributed by atoms with Gasteiger partial charge >= 0.3 is 0 Å². The minimum absolute atomic E-state index is 0.173. The van der Waals surface area contributed by atoms with Crippen LogP contribution in [0.2, 0.25) is 0 Å². The molecule has 0 amide bonds. The molecule has 0 saturated carbocycles. The molecule has 3 rings (SSSR count). The van der Waals surface area contributed by atoms with Gasteiger partial charge in [-0.05, 0) is 48.5 Å². The number of hydrogen-bond acceptors (Lipinski definition) is 4. The Morgan fingerprint density at radius 2 is 1.78 bits per heavy atom. The van der Waals surface area contributed by atoms with Gasteiger partial charge in [-0.3, -0.25) is 4.79 Å². The van der Waals surface area contributed by atoms with Crippen LogP contribution >= 0.6 is 15.9 Å². The number of anilines is 1. The highest BCUT2D eigenvalue weighted by molar-refractivity contribution is 9.10. The summed E-state index contributed by atoms with van der Waals surface area (Å²) < 4.78 is 7.60. The molecule has 0 aliphatic heterocycles. The first-order valence-electron chi connectivity index (χ1n) is 6.88. The normalized spacial score (nSPS) is 10.5. The summed E-state index contributed by atoms with van der Waals surface area (Å²) in [7, 11) is 1.58. The van der Waals surface area contributed by atoms with E-state index in [1.165, 1.54) is 6.20 Å². The van der Waals surface area contributed by atoms with Crippen molar-refractivity contribution < 1.29 is 9.53 Å². The number of nitrogens with two attached hydrogens (primary N) is 1. The molecule has 0 unspecified atom stereocenters. The van der Waals surface area contributed by atoms with Crippen molar-refractivity contribution in [1.29, 1.82) is 0 Å². The summed E-state index contributed by atoms with van der Waals surface area (Å²) in [4.78, 5) is 12.6. The number of nitrogen functional groups attached to an aromatic ring is 1. The van der Waals surface area contributed by atoms with Crippen LogP contribution in [0.15, 0.2) is 59.2 Å². The average Bonchev–Trinajstić information content (AvgIpc) is 2.96. The van der Waals surface area contributed by atoms with Crippen molar-refractivity contribution >= 4 is 27.5 Å². The number of methoxy groups -OCH3 is 1. The SMILES string of the molecule is COc1ccc(C(=O)c2cnn(-c3ccc(Br)cc3)c2N)cc1. The first kappa shape index (κ1) is 15.3. The van der Waals surface area contributed by atoms with Gasteiger partial charge in [0.15, 0.2) is 5.78 Å². The standard InChI is InChI=1S/C17H14BrN3O2/c1-23-14-8-2-11(3-9-14)16(22)15-10-20-21(17(15)19)13-6-4-12(18)5-7-13/h2-10H,19H2,1H3. The lowest BCUT2D eigenvalue weighted by atomic mass is 10.1. The molecule has 0 atom stereocenters. The third-order valence-electron chi connectivity index (χ3n) is 3.47. The van der Waals surface area contributed by atoms with Gasteiger partial charge in [-0.25, -0.2) is 4.68 Å². The third-order valence-corrected chi connectivity index (χ3v) is 4.00. The molecule has 5 nitrogen and oxygen atoms in total. The topological polar surface area (TPSA) is 70.1 Å². The predicted octanol–water partition coefficient (Wildman–Crippen LogP) is 3.46. The Balaban J connectivity index is 1.94. The number of aromatic nitrogens is 2. The minimum Gasteiger partial charge on any atom is -0.497 e. The van der Waals surface area contributed by atoms with Crippen molar-refractivity contribution in [2.45, 2.75) is 0 Å². The number of carbonyl (C=O) groups is 1. The van der Waals surface area contributed by atoms with E-state index in [0.29, 0.717) is 22.7 Å². The Labute approximate surface area is 141 Å². The van der Waals surface area contributed by atoms with Crippen LogP contribution in [0.3, 0.4) is 0 Å². The molecule has 2 N–H and O–H groups in total. The number of hydrogen-bond donors (Lipinski definition) is 1. The zero-order chi connectivity index (χ0) is 16.4. The molecular weight excluding hydrogens is 358 g/mol. The highest BCUT2D eigenvalue weighted by Gasteiger charge is 2.17. The van der Waals surface area contributed by atoms with Crippen molar-refractivity contribution in [3.8, 4) is 11.4 Å². The number of ether oxygens (including phenoxy) is 1. The molecule has 6 heteroatoms. The van der Waals surface area contributed by atoms with Gasteiger partial charge in [0.05, 0.1) is 24.6 Å². The molecular formula is C17H14BrN3O2. The number of nitrogens with zero attached hydrogens (tertiary/aromatic N) is 2. The van der Waals surface area contributed by atoms with Gasteiger partial charge in [0.25, 0.3) is 0 Å². The van der Waals surface area contributed by atoms with Crippen LogP contribution in [0, 0.1) is 0 Å². The van der Waals surface area contributed by atoms with Crippen molar-refractivity contribution in [3.05, 3.63) is 70.3 Å². The third kappa shape index (κ3) is 2.98. The first-order chi connectivity index (χ1) is 11.1. The van der Waals surface area contributed by atoms with E-state index in [4.69, 9.17) is 10.5 Å². The lowest BCUT2D eigenvalue weighted by Crippen LogP contribution is -2.07. The van der Waals surface area contributed by atoms with Crippen LogP contribution < -0.4 is 10.5 Å². The van der Waals surface area contributed by atoms with Gasteiger partial charge in [0.2, 0.25) is 0 Å². The molecule has 3 aromatic rings. The lowest BCUT2D eigenvalue weighted by molar-refractivity contribution is 0.103. The number of benzene rings is 2. The van der Waals surface area contributed by atoms with Crippen LogP contribution in [-0.4, -0.2) is 22.7 Å². The van der Waals surface area contributed by atoms with Crippen molar-refractivity contribution in [3.63, 3.8) is 0 Å². The van der Waals surface area contributed by atoms with Gasteiger partial charge in [0.1, 0.15) is 11.6 Å². The van der Waals surface area contributed by atoms with E-state index in [9.17, 15) is 4.79 Å². The predicted molar refractivity (Wildman–Crippen MR) is 92.1 cm³/mol. The molecule has 0 aliphatic rings. The molecule has 0 saturated heterocycles. The van der Waals surface area contributed by atoms with Gasteiger partial charge in [-0.1, -0.05) is 15.9 Å². The van der Waals surface area contributed by atoms with E-state index in [1.54, 1.807) is 36.1 Å². The Hall–Kier alpha value is -2.60. The minimum atomic E-state index is -0.173. The summed E-state index contributed by atoms with van der Waals surface area (Å²) in [5.41, 5.74) is 7.81. The molecule has 0 fully saturated rings. The van der Waals surface area contributed by atoms with Gasteiger partial charge in [-0.2, -0.15) is 5.10 Å². The molecule has 1 heterocycles. The van der Waals surface area contributed by atoms with Gasteiger partial charge in [0, 0.05) is 10.0 Å². The zero-order valence-electron chi connectivity index (χ0n) is 12.4. The largest absolute Gasteiger partial charge is 0.497 e. The molecule has 0 radical (unpaired) electrons. The van der Waals surface area contributed by atoms with E-state index in [2.05, 4.69) is 21.0 Å². The average molecular weight is 372 g/mol. The first-order valence-corrected chi connectivity index (χ1v) is 7.67. The number of halogens is 1. The number of ketones is 1. The zero-order valence-corrected chi connectivity index (χ0v) is 13.9. The van der Waals surface area contributed by atoms with Crippen LogP contribution in [0.25, 0.3) is 5.69 Å². The fourth-order valence-electron chi connectivity index (χ4n) is 2.22. The summed E-state index contributed by atoms with van der Waals surface area (Å²) in [6, 6.07) is 14.4. The summed E-state index contributed by atoms with van der Waals surface area (Å²) in [5.74, 6) is 0.835. The lowest BCUT2D eigenvalue weighted by Gasteiger charge is -2.06. The van der Waals surface area contributed by atoms with E-state index < -0.39 is 0 Å². The summed E-state index contributed by atoms with van der Waals surface area (Å²) in [6.45, 7) is 0. The van der Waals surface area contributed by atoms with E-state index in [-0.39, 0.29) is 5.78 Å². The van der Waals surface area contributed by atoms with Gasteiger partial charge < -0.3 is 10.5 Å². The summed E-state index contributed by atoms with van der Waals surface area (Å²) >= 11 is 3.38. The molecule has 23 heavy (non-hydrogen) atoms. The van der Waals surface area contributed by atoms with E-state index in [1.807, 2.05) is 24.3 Å². The van der Waals surface area contributed by atoms with Crippen molar-refractivity contribution in [1.82, 2.24) is 9.78 Å². The number of rotatable bonds is 4.